The molecule has 0 unspecified atom stereocenters. The number of anilines is 1. The Morgan fingerprint density at radius 2 is 1.87 bits per heavy atom. The molecule has 0 spiro atoms. The summed E-state index contributed by atoms with van der Waals surface area (Å²) >= 11 is 15.7. The van der Waals surface area contributed by atoms with Gasteiger partial charge in [0.1, 0.15) is 11.9 Å². The van der Waals surface area contributed by atoms with Crippen molar-refractivity contribution < 1.29 is 13.9 Å². The number of hydrogen-bond donors (Lipinski definition) is 0. The van der Waals surface area contributed by atoms with Crippen LogP contribution < -0.4 is 4.90 Å². The van der Waals surface area contributed by atoms with Gasteiger partial charge in [0.15, 0.2) is 0 Å². The molecule has 0 saturated carbocycles. The lowest BCUT2D eigenvalue weighted by molar-refractivity contribution is 0.0993. The highest BCUT2D eigenvalue weighted by Crippen LogP contribution is 2.45. The van der Waals surface area contributed by atoms with Gasteiger partial charge in [0.25, 0.3) is 5.91 Å². The predicted molar refractivity (Wildman–Crippen MR) is 120 cm³/mol. The van der Waals surface area contributed by atoms with Gasteiger partial charge in [-0.3, -0.25) is 9.69 Å². The third-order valence-electron chi connectivity index (χ3n) is 5.21. The van der Waals surface area contributed by atoms with E-state index in [0.717, 1.165) is 15.9 Å². The average Bonchev–Trinajstić information content (AvgIpc) is 3.18. The zero-order valence-corrected chi connectivity index (χ0v) is 19.3. The fourth-order valence-corrected chi connectivity index (χ4v) is 5.01. The molecule has 30 heavy (non-hydrogen) atoms. The van der Waals surface area contributed by atoms with Crippen molar-refractivity contribution in [3.8, 4) is 0 Å². The van der Waals surface area contributed by atoms with Crippen LogP contribution in [0.3, 0.4) is 0 Å². The fourth-order valence-electron chi connectivity index (χ4n) is 3.94. The molecule has 1 aromatic heterocycles. The van der Waals surface area contributed by atoms with Gasteiger partial charge >= 0.3 is 0 Å². The first-order chi connectivity index (χ1) is 14.3. The summed E-state index contributed by atoms with van der Waals surface area (Å²) in [6, 6.07) is 13.0. The highest BCUT2D eigenvalue weighted by Gasteiger charge is 2.43. The van der Waals surface area contributed by atoms with E-state index in [0.29, 0.717) is 22.9 Å². The number of nitrogens with zero attached hydrogens (tertiary/aromatic N) is 2. The molecular weight excluding hydrogens is 494 g/mol. The van der Waals surface area contributed by atoms with Gasteiger partial charge in [-0.05, 0) is 64.8 Å². The van der Waals surface area contributed by atoms with Gasteiger partial charge in [0.2, 0.25) is 0 Å². The van der Waals surface area contributed by atoms with Gasteiger partial charge < -0.3 is 9.30 Å². The molecule has 2 heterocycles. The van der Waals surface area contributed by atoms with Crippen molar-refractivity contribution in [2.75, 3.05) is 18.6 Å². The molecule has 2 atom stereocenters. The van der Waals surface area contributed by atoms with Crippen LogP contribution in [0.2, 0.25) is 10.0 Å². The first-order valence-corrected chi connectivity index (χ1v) is 10.8. The SMILES string of the molecule is COC[C@@H](C)n1c(Br)cc2c1[C@H](c1ccc(Cl)cc1)N(c1ccc(F)c(Cl)c1)C2=O. The number of halogens is 4. The quantitative estimate of drug-likeness (QED) is 0.384. The van der Waals surface area contributed by atoms with Crippen molar-refractivity contribution in [3.63, 3.8) is 0 Å². The standard InChI is InChI=1S/C22H18BrCl2FN2O2/c1-12(11-30-2)27-19(23)10-16-21(27)20(13-3-5-14(24)6-4-13)28(22(16)29)15-7-8-18(26)17(25)9-15/h3-10,12,20H,11H2,1-2H3/t12-,20+/m1/s1. The summed E-state index contributed by atoms with van der Waals surface area (Å²) in [5, 5.41) is 0.563. The van der Waals surface area contributed by atoms with Gasteiger partial charge in [0, 0.05) is 17.8 Å². The van der Waals surface area contributed by atoms with Crippen molar-refractivity contribution in [1.29, 1.82) is 0 Å². The molecule has 0 radical (unpaired) electrons. The summed E-state index contributed by atoms with van der Waals surface area (Å²) in [7, 11) is 1.64. The number of carbonyl (C=O) groups excluding carboxylic acids is 1. The highest BCUT2D eigenvalue weighted by atomic mass is 79.9. The number of hydrogen-bond acceptors (Lipinski definition) is 2. The maximum Gasteiger partial charge on any atom is 0.261 e. The summed E-state index contributed by atoms with van der Waals surface area (Å²) in [5.41, 5.74) is 2.80. The van der Waals surface area contributed by atoms with Crippen LogP contribution in [0.25, 0.3) is 0 Å². The van der Waals surface area contributed by atoms with E-state index in [-0.39, 0.29) is 17.0 Å². The Labute approximate surface area is 192 Å². The third-order valence-corrected chi connectivity index (χ3v) is 6.36. The minimum atomic E-state index is -0.534. The first kappa shape index (κ1) is 21.4. The molecule has 0 aliphatic carbocycles. The molecule has 0 fully saturated rings. The van der Waals surface area contributed by atoms with Crippen molar-refractivity contribution in [1.82, 2.24) is 4.57 Å². The second-order valence-electron chi connectivity index (χ2n) is 7.17. The molecular formula is C22H18BrCl2FN2O2. The van der Waals surface area contributed by atoms with E-state index in [2.05, 4.69) is 20.5 Å². The third kappa shape index (κ3) is 3.56. The van der Waals surface area contributed by atoms with Crippen LogP contribution in [0.1, 0.15) is 40.6 Å². The average molecular weight is 512 g/mol. The lowest BCUT2D eigenvalue weighted by atomic mass is 10.0. The molecule has 0 saturated heterocycles. The monoisotopic (exact) mass is 510 g/mol. The van der Waals surface area contributed by atoms with Crippen LogP contribution in [0.5, 0.6) is 0 Å². The number of aromatic nitrogens is 1. The Kier molecular flexibility index (Phi) is 5.95. The largest absolute Gasteiger partial charge is 0.383 e. The molecule has 1 aliphatic rings. The molecule has 8 heteroatoms. The highest BCUT2D eigenvalue weighted by molar-refractivity contribution is 9.10. The van der Waals surface area contributed by atoms with Crippen LogP contribution in [0.15, 0.2) is 53.1 Å². The van der Waals surface area contributed by atoms with Gasteiger partial charge in [-0.15, -0.1) is 0 Å². The Bertz CT molecular complexity index is 1120. The van der Waals surface area contributed by atoms with Gasteiger partial charge in [-0.25, -0.2) is 4.39 Å². The van der Waals surface area contributed by atoms with E-state index in [4.69, 9.17) is 27.9 Å². The van der Waals surface area contributed by atoms with Crippen LogP contribution >= 0.6 is 39.1 Å². The number of carbonyl (C=O) groups is 1. The minimum absolute atomic E-state index is 0.0209. The van der Waals surface area contributed by atoms with Gasteiger partial charge in [0.05, 0.1) is 33.5 Å². The number of benzene rings is 2. The normalized spacial score (nSPS) is 16.8. The van der Waals surface area contributed by atoms with E-state index in [1.807, 2.05) is 25.1 Å². The Hall–Kier alpha value is -1.86. The summed E-state index contributed by atoms with van der Waals surface area (Å²) in [6.07, 6.45) is 0. The lowest BCUT2D eigenvalue weighted by Crippen LogP contribution is -2.30. The number of ether oxygens (including phenoxy) is 1. The van der Waals surface area contributed by atoms with Crippen molar-refractivity contribution in [2.24, 2.45) is 0 Å². The number of rotatable bonds is 5. The van der Waals surface area contributed by atoms with Crippen LogP contribution in [-0.2, 0) is 4.74 Å². The second kappa shape index (κ2) is 8.35. The van der Waals surface area contributed by atoms with E-state index in [1.165, 1.54) is 12.1 Å². The number of amides is 1. The molecule has 3 aromatic rings. The van der Waals surface area contributed by atoms with Crippen LogP contribution in [0, 0.1) is 5.82 Å². The zero-order chi connectivity index (χ0) is 21.6. The fraction of sp³-hybridized carbons (Fsp3) is 0.227. The Balaban J connectivity index is 1.93. The van der Waals surface area contributed by atoms with Gasteiger partial charge in [-0.2, -0.15) is 0 Å². The minimum Gasteiger partial charge on any atom is -0.383 e. The topological polar surface area (TPSA) is 34.5 Å². The molecule has 0 bridgehead atoms. The van der Waals surface area contributed by atoms with E-state index < -0.39 is 11.9 Å². The van der Waals surface area contributed by atoms with E-state index in [9.17, 15) is 9.18 Å². The van der Waals surface area contributed by atoms with E-state index in [1.54, 1.807) is 30.2 Å². The Morgan fingerprint density at radius 3 is 2.50 bits per heavy atom. The second-order valence-corrected chi connectivity index (χ2v) is 8.82. The van der Waals surface area contributed by atoms with Crippen LogP contribution in [0.4, 0.5) is 10.1 Å². The van der Waals surface area contributed by atoms with Gasteiger partial charge in [-0.1, -0.05) is 35.3 Å². The summed E-state index contributed by atoms with van der Waals surface area (Å²) < 4.78 is 22.0. The molecule has 4 rings (SSSR count). The number of methoxy groups -OCH3 is 1. The van der Waals surface area contributed by atoms with Crippen molar-refractivity contribution in [2.45, 2.75) is 19.0 Å². The van der Waals surface area contributed by atoms with Crippen molar-refractivity contribution >= 4 is 50.7 Å². The lowest BCUT2D eigenvalue weighted by Gasteiger charge is -2.29. The van der Waals surface area contributed by atoms with E-state index >= 15 is 0 Å². The maximum atomic E-state index is 13.8. The van der Waals surface area contributed by atoms with Crippen molar-refractivity contribution in [3.05, 3.63) is 85.8 Å². The predicted octanol–water partition coefficient (Wildman–Crippen LogP) is 6.65. The van der Waals surface area contributed by atoms with Crippen LogP contribution in [-0.4, -0.2) is 24.2 Å². The summed E-state index contributed by atoms with van der Waals surface area (Å²) in [4.78, 5) is 15.1. The Morgan fingerprint density at radius 1 is 1.17 bits per heavy atom. The zero-order valence-electron chi connectivity index (χ0n) is 16.2. The smallest absolute Gasteiger partial charge is 0.261 e. The maximum absolute atomic E-state index is 13.8. The molecule has 1 aliphatic heterocycles. The summed E-state index contributed by atoms with van der Waals surface area (Å²) in [5.74, 6) is -0.717. The first-order valence-electron chi connectivity index (χ1n) is 9.27. The summed E-state index contributed by atoms with van der Waals surface area (Å²) in [6.45, 7) is 2.50. The molecule has 1 amide bonds. The molecule has 4 nitrogen and oxygen atoms in total. The molecule has 156 valence electrons. The number of fused-ring (bicyclic) bond motifs is 1. The molecule has 0 N–H and O–H groups in total. The molecule has 2 aromatic carbocycles.